The second-order valence-electron chi connectivity index (χ2n) is 3.84. The van der Waals surface area contributed by atoms with E-state index in [9.17, 15) is 19.5 Å². The molecule has 0 aliphatic rings. The molecule has 1 heterocycles. The van der Waals surface area contributed by atoms with Gasteiger partial charge in [-0.1, -0.05) is 12.1 Å². The standard InChI is InChI=1S/C13H11NO6/c1-2-19-12(17)10-9(11(16)13(18)20-14-10)7-3-5-8(15)6-4-7/h3-6,14-15H,2H2,1H3. The molecule has 0 fully saturated rings. The molecule has 0 aliphatic carbocycles. The number of rotatable bonds is 3. The second-order valence-corrected chi connectivity index (χ2v) is 3.84. The smallest absolute Gasteiger partial charge is 0.403 e. The van der Waals surface area contributed by atoms with Crippen LogP contribution in [0.5, 0.6) is 5.75 Å². The van der Waals surface area contributed by atoms with Crippen LogP contribution in [0.25, 0.3) is 11.1 Å². The van der Waals surface area contributed by atoms with Gasteiger partial charge >= 0.3 is 11.6 Å². The number of carbonyl (C=O) groups excluding carboxylic acids is 1. The van der Waals surface area contributed by atoms with Crippen molar-refractivity contribution in [3.63, 3.8) is 0 Å². The van der Waals surface area contributed by atoms with Crippen LogP contribution in [0.3, 0.4) is 0 Å². The predicted molar refractivity (Wildman–Crippen MR) is 68.7 cm³/mol. The number of hydrogen-bond acceptors (Lipinski definition) is 6. The van der Waals surface area contributed by atoms with E-state index in [1.54, 1.807) is 6.92 Å². The van der Waals surface area contributed by atoms with E-state index in [0.717, 1.165) is 0 Å². The topological polar surface area (TPSA) is 110 Å². The van der Waals surface area contributed by atoms with Crippen LogP contribution in [0.2, 0.25) is 0 Å². The van der Waals surface area contributed by atoms with Crippen LogP contribution < -0.4 is 11.1 Å². The molecule has 0 saturated heterocycles. The average Bonchev–Trinajstić information content (AvgIpc) is 2.43. The maximum atomic E-state index is 11.9. The Morgan fingerprint density at radius 3 is 2.55 bits per heavy atom. The van der Waals surface area contributed by atoms with Crippen LogP contribution in [-0.2, 0) is 4.74 Å². The zero-order chi connectivity index (χ0) is 14.7. The highest BCUT2D eigenvalue weighted by atomic mass is 16.5. The Labute approximate surface area is 112 Å². The van der Waals surface area contributed by atoms with Gasteiger partial charge < -0.3 is 14.4 Å². The van der Waals surface area contributed by atoms with Crippen molar-refractivity contribution in [2.45, 2.75) is 6.92 Å². The number of ether oxygens (including phenoxy) is 1. The lowest BCUT2D eigenvalue weighted by atomic mass is 10.0. The lowest BCUT2D eigenvalue weighted by Gasteiger charge is -2.06. The molecular weight excluding hydrogens is 266 g/mol. The van der Waals surface area contributed by atoms with Gasteiger partial charge in [-0.2, -0.15) is 0 Å². The Morgan fingerprint density at radius 2 is 1.95 bits per heavy atom. The predicted octanol–water partition coefficient (Wildman–Crippen LogP) is 0.877. The summed E-state index contributed by atoms with van der Waals surface area (Å²) in [4.78, 5) is 35.0. The van der Waals surface area contributed by atoms with E-state index in [-0.39, 0.29) is 23.6 Å². The van der Waals surface area contributed by atoms with E-state index in [1.807, 2.05) is 0 Å². The Kier molecular flexibility index (Phi) is 3.69. The quantitative estimate of drug-likeness (QED) is 0.636. The molecule has 0 aliphatic heterocycles. The van der Waals surface area contributed by atoms with Gasteiger partial charge in [0.25, 0.3) is 5.43 Å². The fourth-order valence-electron chi connectivity index (χ4n) is 1.66. The van der Waals surface area contributed by atoms with E-state index in [2.05, 4.69) is 9.68 Å². The Hall–Kier alpha value is -2.83. The lowest BCUT2D eigenvalue weighted by Crippen LogP contribution is -2.28. The SMILES string of the molecule is CCOC(=O)c1[nH]oc(=O)c(=O)c1-c1ccc(O)cc1. The number of H-pyrrole nitrogens is 1. The van der Waals surface area contributed by atoms with Crippen molar-refractivity contribution in [2.75, 3.05) is 6.61 Å². The van der Waals surface area contributed by atoms with Crippen molar-refractivity contribution < 1.29 is 19.2 Å². The molecule has 20 heavy (non-hydrogen) atoms. The first-order valence-corrected chi connectivity index (χ1v) is 5.77. The Morgan fingerprint density at radius 1 is 1.30 bits per heavy atom. The fraction of sp³-hybridized carbons (Fsp3) is 0.154. The molecule has 104 valence electrons. The van der Waals surface area contributed by atoms with Crippen LogP contribution in [-0.4, -0.2) is 22.8 Å². The molecule has 1 aromatic carbocycles. The van der Waals surface area contributed by atoms with E-state index in [4.69, 9.17) is 4.74 Å². The Bertz CT molecular complexity index is 741. The monoisotopic (exact) mass is 277 g/mol. The molecule has 7 nitrogen and oxygen atoms in total. The van der Waals surface area contributed by atoms with E-state index >= 15 is 0 Å². The molecule has 0 spiro atoms. The molecule has 7 heteroatoms. The van der Waals surface area contributed by atoms with Gasteiger partial charge in [-0.3, -0.25) is 4.79 Å². The van der Waals surface area contributed by atoms with Crippen LogP contribution in [0, 0.1) is 0 Å². The summed E-state index contributed by atoms with van der Waals surface area (Å²) < 4.78 is 9.19. The largest absolute Gasteiger partial charge is 0.508 e. The third-order valence-electron chi connectivity index (χ3n) is 2.54. The van der Waals surface area contributed by atoms with Gasteiger partial charge in [0.15, 0.2) is 5.69 Å². The van der Waals surface area contributed by atoms with Gasteiger partial charge in [-0.15, -0.1) is 0 Å². The number of phenols is 1. The normalized spacial score (nSPS) is 10.2. The van der Waals surface area contributed by atoms with Crippen molar-refractivity contribution in [1.29, 1.82) is 0 Å². The van der Waals surface area contributed by atoms with E-state index in [1.165, 1.54) is 24.3 Å². The summed E-state index contributed by atoms with van der Waals surface area (Å²) in [5.41, 5.74) is -2.19. The van der Waals surface area contributed by atoms with Crippen LogP contribution in [0.4, 0.5) is 0 Å². The molecule has 0 atom stereocenters. The molecule has 0 bridgehead atoms. The first-order chi connectivity index (χ1) is 9.54. The summed E-state index contributed by atoms with van der Waals surface area (Å²) in [7, 11) is 0. The third kappa shape index (κ3) is 2.46. The summed E-state index contributed by atoms with van der Waals surface area (Å²) in [5, 5.41) is 11.4. The molecule has 0 saturated carbocycles. The third-order valence-corrected chi connectivity index (χ3v) is 2.54. The molecule has 1 aromatic heterocycles. The van der Waals surface area contributed by atoms with Gasteiger partial charge in [0.1, 0.15) is 5.75 Å². The van der Waals surface area contributed by atoms with Gasteiger partial charge in [-0.25, -0.2) is 14.7 Å². The van der Waals surface area contributed by atoms with Crippen LogP contribution in [0.1, 0.15) is 17.4 Å². The first-order valence-electron chi connectivity index (χ1n) is 5.77. The highest BCUT2D eigenvalue weighted by Crippen LogP contribution is 2.21. The van der Waals surface area contributed by atoms with Crippen molar-refractivity contribution in [1.82, 2.24) is 5.16 Å². The second kappa shape index (κ2) is 5.43. The molecule has 2 N–H and O–H groups in total. The van der Waals surface area contributed by atoms with E-state index < -0.39 is 17.0 Å². The van der Waals surface area contributed by atoms with Crippen molar-refractivity contribution in [3.05, 3.63) is 50.6 Å². The molecule has 2 rings (SSSR count). The minimum atomic E-state index is -1.12. The number of aromatic amines is 1. The minimum Gasteiger partial charge on any atom is -0.508 e. The maximum Gasteiger partial charge on any atom is 0.403 e. The zero-order valence-corrected chi connectivity index (χ0v) is 10.5. The minimum absolute atomic E-state index is 0.00849. The number of phenolic OH excluding ortho intramolecular Hbond substituents is 1. The molecule has 0 radical (unpaired) electrons. The highest BCUT2D eigenvalue weighted by molar-refractivity contribution is 5.94. The first kappa shape index (κ1) is 13.6. The van der Waals surface area contributed by atoms with Gasteiger partial charge in [-0.05, 0) is 24.6 Å². The van der Waals surface area contributed by atoms with Gasteiger partial charge in [0.2, 0.25) is 0 Å². The number of hydrogen-bond donors (Lipinski definition) is 2. The number of carbonyl (C=O) groups is 1. The number of aromatic hydroxyl groups is 1. The number of aromatic nitrogens is 1. The summed E-state index contributed by atoms with van der Waals surface area (Å²) >= 11 is 0. The van der Waals surface area contributed by atoms with Gasteiger partial charge in [0.05, 0.1) is 12.2 Å². The highest BCUT2D eigenvalue weighted by Gasteiger charge is 2.21. The Balaban J connectivity index is 2.69. The van der Waals surface area contributed by atoms with Crippen molar-refractivity contribution in [3.8, 4) is 16.9 Å². The van der Waals surface area contributed by atoms with E-state index in [0.29, 0.717) is 5.56 Å². The number of benzene rings is 1. The summed E-state index contributed by atoms with van der Waals surface area (Å²) in [6.45, 7) is 1.71. The van der Waals surface area contributed by atoms with Crippen molar-refractivity contribution >= 4 is 5.97 Å². The zero-order valence-electron chi connectivity index (χ0n) is 10.5. The maximum absolute atomic E-state index is 11.9. The van der Waals surface area contributed by atoms with Gasteiger partial charge in [0, 0.05) is 0 Å². The van der Waals surface area contributed by atoms with Crippen LogP contribution >= 0.6 is 0 Å². The molecule has 2 aromatic rings. The average molecular weight is 277 g/mol. The number of nitrogens with one attached hydrogen (secondary N) is 1. The number of esters is 1. The van der Waals surface area contributed by atoms with Crippen LogP contribution in [0.15, 0.2) is 38.4 Å². The summed E-state index contributed by atoms with van der Waals surface area (Å²) in [5.74, 6) is -0.817. The summed E-state index contributed by atoms with van der Waals surface area (Å²) in [6, 6.07) is 5.47. The van der Waals surface area contributed by atoms with Crippen molar-refractivity contribution in [2.24, 2.45) is 0 Å². The lowest BCUT2D eigenvalue weighted by molar-refractivity contribution is 0.0510. The fourth-order valence-corrected chi connectivity index (χ4v) is 1.66. The molecule has 0 amide bonds. The molecular formula is C13H11NO6. The molecule has 0 unspecified atom stereocenters. The summed E-state index contributed by atoms with van der Waals surface area (Å²) in [6.07, 6.45) is 0.